The lowest BCUT2D eigenvalue weighted by Gasteiger charge is -2.04. The van der Waals surface area contributed by atoms with Gasteiger partial charge >= 0.3 is 0 Å². The van der Waals surface area contributed by atoms with E-state index in [4.69, 9.17) is 4.74 Å². The van der Waals surface area contributed by atoms with Crippen molar-refractivity contribution >= 4 is 18.2 Å². The summed E-state index contributed by atoms with van der Waals surface area (Å²) in [6.45, 7) is 1.86. The van der Waals surface area contributed by atoms with Gasteiger partial charge in [0.1, 0.15) is 11.5 Å². The highest BCUT2D eigenvalue weighted by molar-refractivity contribution is 5.91. The van der Waals surface area contributed by atoms with Crippen LogP contribution in [0.4, 0.5) is 5.69 Å². The van der Waals surface area contributed by atoms with Crippen LogP contribution in [0.3, 0.4) is 0 Å². The van der Waals surface area contributed by atoms with E-state index >= 15 is 0 Å². The Bertz CT molecular complexity index is 646. The van der Waals surface area contributed by atoms with Gasteiger partial charge in [0.2, 0.25) is 0 Å². The fraction of sp³-hybridized carbons (Fsp3) is 0.125. The molecule has 0 bridgehead atoms. The number of methoxy groups -OCH3 is 1. The Labute approximate surface area is 117 Å². The normalized spacial score (nSPS) is 10.7. The van der Waals surface area contributed by atoms with Crippen molar-refractivity contribution in [3.8, 4) is 11.5 Å². The van der Waals surface area contributed by atoms with Gasteiger partial charge in [-0.15, -0.1) is 0 Å². The van der Waals surface area contributed by atoms with Crippen LogP contribution in [0.2, 0.25) is 0 Å². The third kappa shape index (κ3) is 3.03. The molecule has 2 aromatic carbocycles. The molecule has 2 rings (SSSR count). The second kappa shape index (κ2) is 6.02. The summed E-state index contributed by atoms with van der Waals surface area (Å²) in [5.74, 6) is 0.702. The van der Waals surface area contributed by atoms with E-state index in [0.29, 0.717) is 11.8 Å². The summed E-state index contributed by atoms with van der Waals surface area (Å²) in [6, 6.07) is 10.6. The number of hydrogen-bond donors (Lipinski definition) is 1. The Balaban J connectivity index is 2.30. The molecule has 0 saturated heterocycles. The van der Waals surface area contributed by atoms with Gasteiger partial charge in [0.25, 0.3) is 0 Å². The summed E-state index contributed by atoms with van der Waals surface area (Å²) in [6.07, 6.45) is 2.17. The number of rotatable bonds is 4. The smallest absolute Gasteiger partial charge is 0.153 e. The molecule has 0 radical (unpaired) electrons. The fourth-order valence-corrected chi connectivity index (χ4v) is 1.84. The maximum atomic E-state index is 10.9. The molecule has 0 aliphatic heterocycles. The minimum atomic E-state index is -0.0529. The Morgan fingerprint density at radius 1 is 1.15 bits per heavy atom. The number of aliphatic imine (C=N–C) groups is 1. The highest BCUT2D eigenvalue weighted by Crippen LogP contribution is 2.23. The third-order valence-corrected chi connectivity index (χ3v) is 2.87. The van der Waals surface area contributed by atoms with Gasteiger partial charge in [-0.25, -0.2) is 0 Å². The molecule has 0 unspecified atom stereocenters. The van der Waals surface area contributed by atoms with Crippen molar-refractivity contribution in [2.24, 2.45) is 4.99 Å². The zero-order valence-electron chi connectivity index (χ0n) is 11.3. The number of carbonyl (C=O) groups is 1. The summed E-state index contributed by atoms with van der Waals surface area (Å²) in [4.78, 5) is 15.1. The van der Waals surface area contributed by atoms with E-state index in [1.165, 1.54) is 6.21 Å². The second-order valence-electron chi connectivity index (χ2n) is 4.37. The van der Waals surface area contributed by atoms with Gasteiger partial charge in [0.15, 0.2) is 6.29 Å². The first-order valence-corrected chi connectivity index (χ1v) is 6.11. The third-order valence-electron chi connectivity index (χ3n) is 2.87. The van der Waals surface area contributed by atoms with Crippen LogP contribution in [-0.2, 0) is 0 Å². The van der Waals surface area contributed by atoms with Crippen LogP contribution in [0.15, 0.2) is 41.4 Å². The van der Waals surface area contributed by atoms with Crippen LogP contribution in [0.5, 0.6) is 11.5 Å². The Hall–Kier alpha value is -2.62. The number of phenols is 1. The molecule has 0 atom stereocenters. The van der Waals surface area contributed by atoms with Crippen molar-refractivity contribution in [3.63, 3.8) is 0 Å². The molecule has 0 amide bonds. The van der Waals surface area contributed by atoms with Crippen LogP contribution < -0.4 is 4.74 Å². The molecule has 4 heteroatoms. The largest absolute Gasteiger partial charge is 0.507 e. The maximum Gasteiger partial charge on any atom is 0.153 e. The molecule has 0 spiro atoms. The van der Waals surface area contributed by atoms with Crippen LogP contribution in [0, 0.1) is 6.92 Å². The van der Waals surface area contributed by atoms with Crippen molar-refractivity contribution in [2.45, 2.75) is 6.92 Å². The number of benzene rings is 2. The molecule has 0 saturated carbocycles. The molecule has 4 nitrogen and oxygen atoms in total. The predicted octanol–water partition coefficient (Wildman–Crippen LogP) is 3.27. The standard InChI is InChI=1S/C16H15NO3/c1-11-7-12(16(19)13(8-11)10-18)9-17-14-3-5-15(20-2)6-4-14/h3-10,19H,1-2H3. The lowest BCUT2D eigenvalue weighted by atomic mass is 10.1. The summed E-state index contributed by atoms with van der Waals surface area (Å²) >= 11 is 0. The number of carbonyl (C=O) groups excluding carboxylic acids is 1. The molecule has 20 heavy (non-hydrogen) atoms. The van der Waals surface area contributed by atoms with E-state index in [1.54, 1.807) is 31.4 Å². The molecule has 2 aromatic rings. The first-order chi connectivity index (χ1) is 9.63. The quantitative estimate of drug-likeness (QED) is 0.684. The maximum absolute atomic E-state index is 10.9. The summed E-state index contributed by atoms with van der Waals surface area (Å²) in [7, 11) is 1.60. The Kier molecular flexibility index (Phi) is 4.15. The average Bonchev–Trinajstić information content (AvgIpc) is 2.48. The number of aromatic hydroxyl groups is 1. The van der Waals surface area contributed by atoms with E-state index in [0.717, 1.165) is 17.0 Å². The number of aryl methyl sites for hydroxylation is 1. The van der Waals surface area contributed by atoms with Crippen LogP contribution in [-0.4, -0.2) is 24.7 Å². The first kappa shape index (κ1) is 13.8. The van der Waals surface area contributed by atoms with Crippen molar-refractivity contribution in [2.75, 3.05) is 7.11 Å². The SMILES string of the molecule is COc1ccc(N=Cc2cc(C)cc(C=O)c2O)cc1. The highest BCUT2D eigenvalue weighted by Gasteiger charge is 2.06. The van der Waals surface area contributed by atoms with Gasteiger partial charge in [0.05, 0.1) is 18.4 Å². The molecule has 0 aliphatic carbocycles. The molecule has 0 aromatic heterocycles. The minimum absolute atomic E-state index is 0.0529. The van der Waals surface area contributed by atoms with E-state index in [1.807, 2.05) is 19.1 Å². The van der Waals surface area contributed by atoms with Gasteiger partial charge in [-0.05, 0) is 48.9 Å². The zero-order chi connectivity index (χ0) is 14.5. The Morgan fingerprint density at radius 2 is 1.80 bits per heavy atom. The predicted molar refractivity (Wildman–Crippen MR) is 78.5 cm³/mol. The first-order valence-electron chi connectivity index (χ1n) is 6.11. The highest BCUT2D eigenvalue weighted by atomic mass is 16.5. The lowest BCUT2D eigenvalue weighted by Crippen LogP contribution is -1.90. The fourth-order valence-electron chi connectivity index (χ4n) is 1.84. The summed E-state index contributed by atoms with van der Waals surface area (Å²) < 4.78 is 5.07. The Morgan fingerprint density at radius 3 is 2.40 bits per heavy atom. The second-order valence-corrected chi connectivity index (χ2v) is 4.37. The molecule has 0 fully saturated rings. The summed E-state index contributed by atoms with van der Waals surface area (Å²) in [5, 5.41) is 9.93. The van der Waals surface area contributed by atoms with Gasteiger partial charge in [-0.2, -0.15) is 0 Å². The van der Waals surface area contributed by atoms with Gasteiger partial charge < -0.3 is 9.84 Å². The van der Waals surface area contributed by atoms with Gasteiger partial charge in [-0.3, -0.25) is 9.79 Å². The molecule has 1 N–H and O–H groups in total. The van der Waals surface area contributed by atoms with E-state index < -0.39 is 0 Å². The molecule has 0 aliphatic rings. The van der Waals surface area contributed by atoms with Gasteiger partial charge in [0, 0.05) is 11.8 Å². The van der Waals surface area contributed by atoms with Crippen LogP contribution >= 0.6 is 0 Å². The number of hydrogen-bond acceptors (Lipinski definition) is 4. The number of phenolic OH excluding ortho intramolecular Hbond substituents is 1. The van der Waals surface area contributed by atoms with Crippen molar-refractivity contribution in [1.29, 1.82) is 0 Å². The van der Waals surface area contributed by atoms with Crippen LogP contribution in [0.25, 0.3) is 0 Å². The molecular weight excluding hydrogens is 254 g/mol. The molecule has 0 heterocycles. The van der Waals surface area contributed by atoms with E-state index in [9.17, 15) is 9.90 Å². The molecular formula is C16H15NO3. The van der Waals surface area contributed by atoms with Gasteiger partial charge in [-0.1, -0.05) is 0 Å². The topological polar surface area (TPSA) is 58.9 Å². The molecule has 102 valence electrons. The minimum Gasteiger partial charge on any atom is -0.507 e. The zero-order valence-corrected chi connectivity index (χ0v) is 11.3. The van der Waals surface area contributed by atoms with E-state index in [-0.39, 0.29) is 11.3 Å². The van der Waals surface area contributed by atoms with Crippen molar-refractivity contribution < 1.29 is 14.6 Å². The number of ether oxygens (including phenoxy) is 1. The number of aldehydes is 1. The monoisotopic (exact) mass is 269 g/mol. The van der Waals surface area contributed by atoms with Crippen molar-refractivity contribution in [1.82, 2.24) is 0 Å². The van der Waals surface area contributed by atoms with E-state index in [2.05, 4.69) is 4.99 Å². The van der Waals surface area contributed by atoms with Crippen LogP contribution in [0.1, 0.15) is 21.5 Å². The average molecular weight is 269 g/mol. The lowest BCUT2D eigenvalue weighted by molar-refractivity contribution is 0.112. The summed E-state index contributed by atoms with van der Waals surface area (Å²) in [5.41, 5.74) is 2.41. The number of nitrogens with zero attached hydrogens (tertiary/aromatic N) is 1. The van der Waals surface area contributed by atoms with Crippen molar-refractivity contribution in [3.05, 3.63) is 53.1 Å².